The van der Waals surface area contributed by atoms with Crippen LogP contribution >= 0.6 is 11.3 Å². The van der Waals surface area contributed by atoms with E-state index in [1.54, 1.807) is 20.2 Å². The van der Waals surface area contributed by atoms with Gasteiger partial charge in [-0.2, -0.15) is 5.26 Å². The van der Waals surface area contributed by atoms with Gasteiger partial charge in [0.1, 0.15) is 0 Å². The van der Waals surface area contributed by atoms with Crippen molar-refractivity contribution in [2.24, 2.45) is 0 Å². The molecule has 1 unspecified atom stereocenters. The van der Waals surface area contributed by atoms with Crippen LogP contribution in [0.1, 0.15) is 24.5 Å². The molecule has 3 heterocycles. The summed E-state index contributed by atoms with van der Waals surface area (Å²) in [7, 11) is 1.64. The number of carbonyl (C=O) groups is 1. The van der Waals surface area contributed by atoms with Crippen molar-refractivity contribution in [3.8, 4) is 11.1 Å². The Morgan fingerprint density at radius 3 is 2.92 bits per heavy atom. The number of ether oxygens (including phenoxy) is 1. The second-order valence-electron chi connectivity index (χ2n) is 6.57. The lowest BCUT2D eigenvalue weighted by atomic mass is 9.81. The highest BCUT2D eigenvalue weighted by Crippen LogP contribution is 2.50. The maximum Gasteiger partial charge on any atom is 0.219 e. The smallest absolute Gasteiger partial charge is 0.219 e. The fraction of sp³-hybridized carbons (Fsp3) is 0.389. The van der Waals surface area contributed by atoms with E-state index in [4.69, 9.17) is 4.74 Å². The zero-order valence-electron chi connectivity index (χ0n) is 14.2. The summed E-state index contributed by atoms with van der Waals surface area (Å²) in [6.45, 7) is 3.81. The Labute approximate surface area is 150 Å². The van der Waals surface area contributed by atoms with E-state index in [0.29, 0.717) is 12.1 Å². The zero-order valence-corrected chi connectivity index (χ0v) is 15.0. The number of anilines is 2. The van der Waals surface area contributed by atoms with Crippen LogP contribution in [0.2, 0.25) is 0 Å². The highest BCUT2D eigenvalue weighted by atomic mass is 32.1. The predicted molar refractivity (Wildman–Crippen MR) is 95.4 cm³/mol. The standard InChI is InChI=1S/C18H18N4O2S/c1-12(23)21-6-5-18(10-21)11-22(17-20-9-16(24-2)25-17)15-4-3-13(8-19)7-14(15)18/h3-4,7,9H,5-6,10-11H2,1-2H3. The molecule has 1 atom stereocenters. The van der Waals surface area contributed by atoms with Crippen LogP contribution in [-0.2, 0) is 10.2 Å². The lowest BCUT2D eigenvalue weighted by Gasteiger charge is -2.25. The lowest BCUT2D eigenvalue weighted by molar-refractivity contribution is -0.127. The highest BCUT2D eigenvalue weighted by molar-refractivity contribution is 7.17. The van der Waals surface area contributed by atoms with Crippen LogP contribution in [0, 0.1) is 11.3 Å². The molecule has 0 saturated carbocycles. The van der Waals surface area contributed by atoms with Crippen molar-refractivity contribution in [2.45, 2.75) is 18.8 Å². The number of likely N-dealkylation sites (tertiary alicyclic amines) is 1. The molecular weight excluding hydrogens is 336 g/mol. The van der Waals surface area contributed by atoms with E-state index in [1.165, 1.54) is 11.3 Å². The minimum atomic E-state index is -0.146. The number of benzene rings is 1. The summed E-state index contributed by atoms with van der Waals surface area (Å²) in [5.74, 6) is 0.101. The molecule has 25 heavy (non-hydrogen) atoms. The molecule has 2 aliphatic rings. The number of methoxy groups -OCH3 is 1. The molecule has 1 fully saturated rings. The normalized spacial score (nSPS) is 21.5. The predicted octanol–water partition coefficient (Wildman–Crippen LogP) is 2.67. The first-order chi connectivity index (χ1) is 12.1. The largest absolute Gasteiger partial charge is 0.486 e. The topological polar surface area (TPSA) is 69.5 Å². The molecule has 1 saturated heterocycles. The molecule has 0 radical (unpaired) electrons. The third-order valence-electron chi connectivity index (χ3n) is 5.15. The van der Waals surface area contributed by atoms with Crippen molar-refractivity contribution < 1.29 is 9.53 Å². The van der Waals surface area contributed by atoms with Gasteiger partial charge in [0.2, 0.25) is 5.91 Å². The summed E-state index contributed by atoms with van der Waals surface area (Å²) in [4.78, 5) is 20.4. The molecule has 1 aromatic heterocycles. The first-order valence-corrected chi connectivity index (χ1v) is 8.95. The average Bonchev–Trinajstić information content (AvgIpc) is 3.33. The van der Waals surface area contributed by atoms with Gasteiger partial charge in [-0.1, -0.05) is 11.3 Å². The van der Waals surface area contributed by atoms with E-state index in [0.717, 1.165) is 41.0 Å². The van der Waals surface area contributed by atoms with Crippen LogP contribution in [0.25, 0.3) is 0 Å². The lowest BCUT2D eigenvalue weighted by Crippen LogP contribution is -2.36. The van der Waals surface area contributed by atoms with Crippen LogP contribution in [0.15, 0.2) is 24.4 Å². The number of nitriles is 1. The summed E-state index contributed by atoms with van der Waals surface area (Å²) < 4.78 is 5.28. The number of thiazole rings is 1. The summed E-state index contributed by atoms with van der Waals surface area (Å²) in [6.07, 6.45) is 2.62. The van der Waals surface area contributed by atoms with Crippen molar-refractivity contribution >= 4 is 28.1 Å². The van der Waals surface area contributed by atoms with E-state index >= 15 is 0 Å². The van der Waals surface area contributed by atoms with Crippen LogP contribution in [-0.4, -0.2) is 42.5 Å². The van der Waals surface area contributed by atoms with E-state index in [1.807, 2.05) is 23.1 Å². The second-order valence-corrected chi connectivity index (χ2v) is 7.54. The number of rotatable bonds is 2. The van der Waals surface area contributed by atoms with Gasteiger partial charge in [0.15, 0.2) is 10.2 Å². The van der Waals surface area contributed by atoms with Crippen LogP contribution < -0.4 is 9.64 Å². The van der Waals surface area contributed by atoms with Crippen LogP contribution in [0.3, 0.4) is 0 Å². The molecule has 2 aromatic rings. The van der Waals surface area contributed by atoms with Gasteiger partial charge in [-0.25, -0.2) is 4.98 Å². The van der Waals surface area contributed by atoms with E-state index in [9.17, 15) is 10.1 Å². The maximum atomic E-state index is 11.8. The third-order valence-corrected chi connectivity index (χ3v) is 6.13. The Hall–Kier alpha value is -2.59. The van der Waals surface area contributed by atoms with Crippen molar-refractivity contribution in [3.05, 3.63) is 35.5 Å². The van der Waals surface area contributed by atoms with E-state index in [2.05, 4.69) is 16.0 Å². The zero-order chi connectivity index (χ0) is 17.6. The van der Waals surface area contributed by atoms with Gasteiger partial charge in [-0.3, -0.25) is 4.79 Å². The van der Waals surface area contributed by atoms with Crippen LogP contribution in [0.5, 0.6) is 5.06 Å². The molecule has 128 valence electrons. The Morgan fingerprint density at radius 1 is 1.44 bits per heavy atom. The molecule has 0 aliphatic carbocycles. The molecular formula is C18H18N4O2S. The van der Waals surface area contributed by atoms with Crippen molar-refractivity contribution in [1.29, 1.82) is 5.26 Å². The molecule has 0 N–H and O–H groups in total. The van der Waals surface area contributed by atoms with Gasteiger partial charge in [-0.05, 0) is 30.2 Å². The number of amides is 1. The number of fused-ring (bicyclic) bond motifs is 2. The monoisotopic (exact) mass is 354 g/mol. The number of aromatic nitrogens is 1. The number of nitrogens with zero attached hydrogens (tertiary/aromatic N) is 4. The Balaban J connectivity index is 1.79. The summed E-state index contributed by atoms with van der Waals surface area (Å²) in [6, 6.07) is 8.04. The summed E-state index contributed by atoms with van der Waals surface area (Å²) in [5, 5.41) is 10.9. The molecule has 7 heteroatoms. The van der Waals surface area contributed by atoms with E-state index in [-0.39, 0.29) is 11.3 Å². The van der Waals surface area contributed by atoms with Crippen molar-refractivity contribution in [1.82, 2.24) is 9.88 Å². The summed E-state index contributed by atoms with van der Waals surface area (Å²) in [5.41, 5.74) is 2.72. The molecule has 1 amide bonds. The molecule has 1 aromatic carbocycles. The van der Waals surface area contributed by atoms with Gasteiger partial charge in [-0.15, -0.1) is 0 Å². The molecule has 2 aliphatic heterocycles. The van der Waals surface area contributed by atoms with Crippen molar-refractivity contribution in [3.63, 3.8) is 0 Å². The Kier molecular flexibility index (Phi) is 3.65. The van der Waals surface area contributed by atoms with Gasteiger partial charge >= 0.3 is 0 Å². The van der Waals surface area contributed by atoms with Crippen LogP contribution in [0.4, 0.5) is 10.8 Å². The summed E-state index contributed by atoms with van der Waals surface area (Å²) >= 11 is 1.50. The fourth-order valence-electron chi connectivity index (χ4n) is 3.87. The molecule has 1 spiro atoms. The Bertz CT molecular complexity index is 887. The number of hydrogen-bond donors (Lipinski definition) is 0. The maximum absolute atomic E-state index is 11.8. The second kappa shape index (κ2) is 5.74. The molecule has 0 bridgehead atoms. The Morgan fingerprint density at radius 2 is 2.28 bits per heavy atom. The third kappa shape index (κ3) is 2.45. The quantitative estimate of drug-likeness (QED) is 0.829. The van der Waals surface area contributed by atoms with Gasteiger partial charge < -0.3 is 14.5 Å². The first-order valence-electron chi connectivity index (χ1n) is 8.14. The van der Waals surface area contributed by atoms with E-state index < -0.39 is 0 Å². The van der Waals surface area contributed by atoms with Gasteiger partial charge in [0, 0.05) is 37.7 Å². The highest BCUT2D eigenvalue weighted by Gasteiger charge is 2.48. The van der Waals surface area contributed by atoms with Crippen molar-refractivity contribution in [2.75, 3.05) is 31.6 Å². The average molecular weight is 354 g/mol. The fourth-order valence-corrected chi connectivity index (χ4v) is 4.62. The van der Waals surface area contributed by atoms with Gasteiger partial charge in [0.25, 0.3) is 0 Å². The minimum Gasteiger partial charge on any atom is -0.486 e. The number of carbonyl (C=O) groups excluding carboxylic acids is 1. The molecule has 6 nitrogen and oxygen atoms in total. The first kappa shape index (κ1) is 15.9. The minimum absolute atomic E-state index is 0.101. The SMILES string of the molecule is COc1cnc(N2CC3(CCN(C(C)=O)C3)c3cc(C#N)ccc32)s1. The number of hydrogen-bond acceptors (Lipinski definition) is 6. The van der Waals surface area contributed by atoms with Gasteiger partial charge in [0.05, 0.1) is 24.9 Å². The molecule has 4 rings (SSSR count).